The third-order valence-corrected chi connectivity index (χ3v) is 2.45. The van der Waals surface area contributed by atoms with Gasteiger partial charge in [0.2, 0.25) is 0 Å². The van der Waals surface area contributed by atoms with Crippen molar-refractivity contribution in [2.45, 2.75) is 66.9 Å². The first-order valence-corrected chi connectivity index (χ1v) is 5.76. The highest BCUT2D eigenvalue weighted by Crippen LogP contribution is 2.24. The number of carbonyl (C=O) groups excluding carboxylic acids is 1. The second kappa shape index (κ2) is 5.11. The lowest BCUT2D eigenvalue weighted by atomic mass is 9.84. The predicted molar refractivity (Wildman–Crippen MR) is 63.8 cm³/mol. The van der Waals surface area contributed by atoms with Crippen LogP contribution in [-0.4, -0.2) is 17.0 Å². The molecule has 0 fully saturated rings. The van der Waals surface area contributed by atoms with E-state index in [2.05, 4.69) is 20.8 Å². The Morgan fingerprint density at radius 1 is 1.13 bits per heavy atom. The molecule has 0 radical (unpaired) electrons. The Hall–Kier alpha value is -0.370. The molecule has 0 aliphatic carbocycles. The number of rotatable bonds is 4. The molecule has 1 atom stereocenters. The van der Waals surface area contributed by atoms with Gasteiger partial charge in [-0.3, -0.25) is 4.79 Å². The molecule has 15 heavy (non-hydrogen) atoms. The molecule has 2 nitrogen and oxygen atoms in total. The highest BCUT2D eigenvalue weighted by molar-refractivity contribution is 5.87. The minimum Gasteiger partial charge on any atom is -0.385 e. The zero-order chi connectivity index (χ0) is 12.3. The maximum absolute atomic E-state index is 11.7. The molecule has 0 aliphatic rings. The van der Waals surface area contributed by atoms with E-state index in [1.165, 1.54) is 0 Å². The third kappa shape index (κ3) is 6.67. The Morgan fingerprint density at radius 2 is 1.60 bits per heavy atom. The average Bonchev–Trinajstić information content (AvgIpc) is 1.98. The van der Waals surface area contributed by atoms with E-state index in [1.807, 2.05) is 20.8 Å². The van der Waals surface area contributed by atoms with Gasteiger partial charge in [-0.15, -0.1) is 0 Å². The van der Waals surface area contributed by atoms with Gasteiger partial charge in [0.15, 0.2) is 5.78 Å². The van der Waals surface area contributed by atoms with Gasteiger partial charge < -0.3 is 5.11 Å². The lowest BCUT2D eigenvalue weighted by molar-refractivity contribution is -0.135. The summed E-state index contributed by atoms with van der Waals surface area (Å²) >= 11 is 0. The van der Waals surface area contributed by atoms with Crippen LogP contribution in [-0.2, 0) is 4.79 Å². The first kappa shape index (κ1) is 14.6. The molecule has 0 aromatic carbocycles. The largest absolute Gasteiger partial charge is 0.385 e. The number of aliphatic hydroxyl groups excluding tert-OH is 1. The van der Waals surface area contributed by atoms with Gasteiger partial charge in [0, 0.05) is 5.41 Å². The lowest BCUT2D eigenvalue weighted by Gasteiger charge is -2.22. The first-order chi connectivity index (χ1) is 6.54. The van der Waals surface area contributed by atoms with Crippen LogP contribution in [0.1, 0.15) is 60.8 Å². The summed E-state index contributed by atoms with van der Waals surface area (Å²) in [6.45, 7) is 12.1. The van der Waals surface area contributed by atoms with Crippen molar-refractivity contribution in [1.29, 1.82) is 0 Å². The summed E-state index contributed by atoms with van der Waals surface area (Å²) < 4.78 is 0. The van der Waals surface area contributed by atoms with Crippen molar-refractivity contribution < 1.29 is 9.90 Å². The van der Waals surface area contributed by atoms with Crippen molar-refractivity contribution >= 4 is 5.78 Å². The van der Waals surface area contributed by atoms with Crippen molar-refractivity contribution in [3.63, 3.8) is 0 Å². The summed E-state index contributed by atoms with van der Waals surface area (Å²) in [6.07, 6.45) is 1.76. The molecule has 0 rings (SSSR count). The lowest BCUT2D eigenvalue weighted by Crippen LogP contribution is -2.32. The molecule has 0 aromatic rings. The van der Waals surface area contributed by atoms with Crippen molar-refractivity contribution in [3.05, 3.63) is 0 Å². The second-order valence-electron chi connectivity index (χ2n) is 6.58. The fourth-order valence-corrected chi connectivity index (χ4v) is 1.46. The molecule has 1 unspecified atom stereocenters. The van der Waals surface area contributed by atoms with Crippen LogP contribution in [0, 0.1) is 10.8 Å². The zero-order valence-corrected chi connectivity index (χ0v) is 11.1. The Kier molecular flexibility index (Phi) is 4.98. The molecule has 0 aromatic heterocycles. The molecule has 0 saturated carbocycles. The molecule has 0 aliphatic heterocycles. The number of aliphatic hydroxyl groups is 1. The minimum absolute atomic E-state index is 0.0450. The summed E-state index contributed by atoms with van der Waals surface area (Å²) in [5.41, 5.74) is -0.147. The molecular weight excluding hydrogens is 188 g/mol. The number of hydrogen-bond donors (Lipinski definition) is 1. The predicted octanol–water partition coefficient (Wildman–Crippen LogP) is 3.18. The molecule has 1 N–H and O–H groups in total. The number of Topliss-reactive ketones (excluding diaryl/α,β-unsaturated/α-hetero) is 1. The van der Waals surface area contributed by atoms with E-state index < -0.39 is 11.5 Å². The van der Waals surface area contributed by atoms with Crippen LogP contribution in [0.2, 0.25) is 0 Å². The third-order valence-electron chi connectivity index (χ3n) is 2.45. The highest BCUT2D eigenvalue weighted by Gasteiger charge is 2.27. The standard InChI is InChI=1S/C13H26O2/c1-12(2,3)9-7-8-10(14)11(15)13(4,5)6/h10,14H,7-9H2,1-6H3. The van der Waals surface area contributed by atoms with Crippen LogP contribution in [0.3, 0.4) is 0 Å². The van der Waals surface area contributed by atoms with Gasteiger partial charge in [-0.1, -0.05) is 41.5 Å². The van der Waals surface area contributed by atoms with Crippen LogP contribution < -0.4 is 0 Å². The van der Waals surface area contributed by atoms with Crippen molar-refractivity contribution in [2.24, 2.45) is 10.8 Å². The Labute approximate surface area is 94.1 Å². The summed E-state index contributed by atoms with van der Waals surface area (Å²) in [6, 6.07) is 0. The maximum Gasteiger partial charge on any atom is 0.166 e. The van der Waals surface area contributed by atoms with Gasteiger partial charge in [0.25, 0.3) is 0 Å². The van der Waals surface area contributed by atoms with Gasteiger partial charge in [0.1, 0.15) is 6.10 Å². The Balaban J connectivity index is 3.96. The molecule has 0 bridgehead atoms. The summed E-state index contributed by atoms with van der Waals surface area (Å²) in [4.78, 5) is 11.7. The minimum atomic E-state index is -0.785. The summed E-state index contributed by atoms with van der Waals surface area (Å²) in [7, 11) is 0. The molecule has 2 heteroatoms. The fraction of sp³-hybridized carbons (Fsp3) is 0.923. The van der Waals surface area contributed by atoms with E-state index in [1.54, 1.807) is 0 Å². The number of carbonyl (C=O) groups is 1. The fourth-order valence-electron chi connectivity index (χ4n) is 1.46. The molecule has 0 heterocycles. The van der Waals surface area contributed by atoms with Gasteiger partial charge in [-0.2, -0.15) is 0 Å². The van der Waals surface area contributed by atoms with Crippen LogP contribution in [0.5, 0.6) is 0 Å². The SMILES string of the molecule is CC(C)(C)CCCC(O)C(=O)C(C)(C)C. The quantitative estimate of drug-likeness (QED) is 0.780. The highest BCUT2D eigenvalue weighted by atomic mass is 16.3. The zero-order valence-electron chi connectivity index (χ0n) is 11.1. The normalized spacial score (nSPS) is 15.1. The van der Waals surface area contributed by atoms with E-state index >= 15 is 0 Å². The smallest absolute Gasteiger partial charge is 0.166 e. The van der Waals surface area contributed by atoms with Crippen LogP contribution in [0.25, 0.3) is 0 Å². The second-order valence-corrected chi connectivity index (χ2v) is 6.58. The number of ketones is 1. The topological polar surface area (TPSA) is 37.3 Å². The van der Waals surface area contributed by atoms with Crippen molar-refractivity contribution in [2.75, 3.05) is 0 Å². The molecule has 0 amide bonds. The first-order valence-electron chi connectivity index (χ1n) is 5.76. The molecular formula is C13H26O2. The van der Waals surface area contributed by atoms with E-state index in [0.29, 0.717) is 6.42 Å². The van der Waals surface area contributed by atoms with Gasteiger partial charge in [-0.05, 0) is 24.7 Å². The van der Waals surface area contributed by atoms with Gasteiger partial charge >= 0.3 is 0 Å². The van der Waals surface area contributed by atoms with Crippen molar-refractivity contribution in [1.82, 2.24) is 0 Å². The van der Waals surface area contributed by atoms with E-state index in [4.69, 9.17) is 0 Å². The van der Waals surface area contributed by atoms with E-state index in [0.717, 1.165) is 12.8 Å². The van der Waals surface area contributed by atoms with E-state index in [-0.39, 0.29) is 11.2 Å². The Morgan fingerprint density at radius 3 is 1.93 bits per heavy atom. The van der Waals surface area contributed by atoms with Gasteiger partial charge in [0.05, 0.1) is 0 Å². The molecule has 90 valence electrons. The molecule has 0 saturated heterocycles. The van der Waals surface area contributed by atoms with Crippen LogP contribution in [0.15, 0.2) is 0 Å². The van der Waals surface area contributed by atoms with E-state index in [9.17, 15) is 9.90 Å². The van der Waals surface area contributed by atoms with Crippen LogP contribution in [0.4, 0.5) is 0 Å². The van der Waals surface area contributed by atoms with Crippen LogP contribution >= 0.6 is 0 Å². The van der Waals surface area contributed by atoms with Gasteiger partial charge in [-0.25, -0.2) is 0 Å². The Bertz CT molecular complexity index is 206. The summed E-state index contributed by atoms with van der Waals surface area (Å²) in [5, 5.41) is 9.70. The summed E-state index contributed by atoms with van der Waals surface area (Å²) in [5.74, 6) is -0.0450. The number of hydrogen-bond acceptors (Lipinski definition) is 2. The molecule has 0 spiro atoms. The van der Waals surface area contributed by atoms with Crippen molar-refractivity contribution in [3.8, 4) is 0 Å². The average molecular weight is 214 g/mol. The maximum atomic E-state index is 11.7. The monoisotopic (exact) mass is 214 g/mol.